The maximum absolute atomic E-state index is 5.54. The van der Waals surface area contributed by atoms with Crippen molar-refractivity contribution in [3.63, 3.8) is 0 Å². The SMILES string of the molecule is Cc1ccc2c(c1)CCCN2c1nnc(CN)o1. The third kappa shape index (κ3) is 1.86. The smallest absolute Gasteiger partial charge is 0.322 e. The van der Waals surface area contributed by atoms with Gasteiger partial charge in [0.2, 0.25) is 5.89 Å². The summed E-state index contributed by atoms with van der Waals surface area (Å²) in [5, 5.41) is 7.98. The van der Waals surface area contributed by atoms with Gasteiger partial charge in [0.1, 0.15) is 0 Å². The first kappa shape index (κ1) is 11.2. The molecule has 18 heavy (non-hydrogen) atoms. The monoisotopic (exact) mass is 244 g/mol. The quantitative estimate of drug-likeness (QED) is 0.874. The van der Waals surface area contributed by atoms with Crippen LogP contribution in [0.2, 0.25) is 0 Å². The molecule has 5 heteroatoms. The molecule has 2 N–H and O–H groups in total. The molecule has 1 aromatic heterocycles. The summed E-state index contributed by atoms with van der Waals surface area (Å²) in [5.41, 5.74) is 9.28. The van der Waals surface area contributed by atoms with Gasteiger partial charge in [-0.3, -0.25) is 4.90 Å². The molecule has 1 aliphatic rings. The summed E-state index contributed by atoms with van der Waals surface area (Å²) >= 11 is 0. The first-order valence-corrected chi connectivity index (χ1v) is 6.17. The van der Waals surface area contributed by atoms with Crippen molar-refractivity contribution in [3.8, 4) is 0 Å². The minimum absolute atomic E-state index is 0.279. The van der Waals surface area contributed by atoms with Gasteiger partial charge in [0.25, 0.3) is 0 Å². The molecule has 0 saturated heterocycles. The summed E-state index contributed by atoms with van der Waals surface area (Å²) < 4.78 is 5.54. The normalized spacial score (nSPS) is 14.7. The van der Waals surface area contributed by atoms with Gasteiger partial charge in [-0.2, -0.15) is 0 Å². The molecular formula is C13H16N4O. The van der Waals surface area contributed by atoms with Crippen LogP contribution >= 0.6 is 0 Å². The fourth-order valence-corrected chi connectivity index (χ4v) is 2.36. The van der Waals surface area contributed by atoms with Gasteiger partial charge in [-0.15, -0.1) is 5.10 Å². The molecule has 0 unspecified atom stereocenters. The van der Waals surface area contributed by atoms with Crippen LogP contribution < -0.4 is 10.6 Å². The van der Waals surface area contributed by atoms with Crippen molar-refractivity contribution in [2.75, 3.05) is 11.4 Å². The third-order valence-corrected chi connectivity index (χ3v) is 3.22. The van der Waals surface area contributed by atoms with Gasteiger partial charge in [0, 0.05) is 12.2 Å². The van der Waals surface area contributed by atoms with Crippen LogP contribution in [0.4, 0.5) is 11.7 Å². The largest absolute Gasteiger partial charge is 0.406 e. The summed E-state index contributed by atoms with van der Waals surface area (Å²) in [7, 11) is 0. The lowest BCUT2D eigenvalue weighted by Crippen LogP contribution is -2.24. The number of rotatable bonds is 2. The zero-order valence-electron chi connectivity index (χ0n) is 10.4. The van der Waals surface area contributed by atoms with E-state index in [4.69, 9.17) is 10.2 Å². The van der Waals surface area contributed by atoms with Gasteiger partial charge >= 0.3 is 6.01 Å². The molecule has 2 aromatic rings. The Hall–Kier alpha value is -1.88. The number of benzene rings is 1. The number of aromatic nitrogens is 2. The predicted molar refractivity (Wildman–Crippen MR) is 68.7 cm³/mol. The maximum Gasteiger partial charge on any atom is 0.322 e. The van der Waals surface area contributed by atoms with Gasteiger partial charge in [0.15, 0.2) is 0 Å². The van der Waals surface area contributed by atoms with E-state index in [-0.39, 0.29) is 6.54 Å². The minimum atomic E-state index is 0.279. The summed E-state index contributed by atoms with van der Waals surface area (Å²) in [5.74, 6) is 0.476. The fourth-order valence-electron chi connectivity index (χ4n) is 2.36. The van der Waals surface area contributed by atoms with Gasteiger partial charge < -0.3 is 10.2 Å². The molecule has 2 heterocycles. The van der Waals surface area contributed by atoms with E-state index in [0.717, 1.165) is 19.4 Å². The molecule has 3 rings (SSSR count). The molecule has 0 amide bonds. The Labute approximate surface area is 106 Å². The highest BCUT2D eigenvalue weighted by Gasteiger charge is 2.22. The number of hydrogen-bond acceptors (Lipinski definition) is 5. The highest BCUT2D eigenvalue weighted by Crippen LogP contribution is 2.33. The number of fused-ring (bicyclic) bond motifs is 1. The Balaban J connectivity index is 2.00. The molecular weight excluding hydrogens is 228 g/mol. The zero-order valence-corrected chi connectivity index (χ0v) is 10.4. The van der Waals surface area contributed by atoms with Crippen molar-refractivity contribution in [2.24, 2.45) is 5.73 Å². The van der Waals surface area contributed by atoms with E-state index in [1.54, 1.807) is 0 Å². The summed E-state index contributed by atoms with van der Waals surface area (Å²) in [4.78, 5) is 2.07. The highest BCUT2D eigenvalue weighted by atomic mass is 16.4. The molecule has 0 aliphatic carbocycles. The van der Waals surface area contributed by atoms with Crippen LogP contribution in [-0.2, 0) is 13.0 Å². The lowest BCUT2D eigenvalue weighted by Gasteiger charge is -2.27. The van der Waals surface area contributed by atoms with Crippen LogP contribution in [-0.4, -0.2) is 16.7 Å². The molecule has 0 fully saturated rings. The molecule has 1 aliphatic heterocycles. The summed E-state index contributed by atoms with van der Waals surface area (Å²) in [6.07, 6.45) is 2.20. The second-order valence-electron chi connectivity index (χ2n) is 4.57. The van der Waals surface area contributed by atoms with Crippen LogP contribution in [0.5, 0.6) is 0 Å². The minimum Gasteiger partial charge on any atom is -0.406 e. The Morgan fingerprint density at radius 3 is 3.06 bits per heavy atom. The van der Waals surface area contributed by atoms with E-state index in [9.17, 15) is 0 Å². The third-order valence-electron chi connectivity index (χ3n) is 3.22. The molecule has 0 radical (unpaired) electrons. The van der Waals surface area contributed by atoms with Gasteiger partial charge in [-0.1, -0.05) is 22.8 Å². The van der Waals surface area contributed by atoms with Crippen LogP contribution in [0, 0.1) is 6.92 Å². The Morgan fingerprint density at radius 2 is 2.28 bits per heavy atom. The molecule has 0 saturated carbocycles. The first-order chi connectivity index (χ1) is 8.78. The van der Waals surface area contributed by atoms with E-state index < -0.39 is 0 Å². The van der Waals surface area contributed by atoms with Crippen molar-refractivity contribution in [1.82, 2.24) is 10.2 Å². The topological polar surface area (TPSA) is 68.2 Å². The summed E-state index contributed by atoms with van der Waals surface area (Å²) in [6, 6.07) is 7.00. The average molecular weight is 244 g/mol. The standard InChI is InChI=1S/C13H16N4O/c1-9-4-5-11-10(7-9)3-2-6-17(11)13-16-15-12(8-14)18-13/h4-5,7H,2-3,6,8,14H2,1H3. The number of hydrogen-bond donors (Lipinski definition) is 1. The number of nitrogens with two attached hydrogens (primary N) is 1. The van der Waals surface area contributed by atoms with E-state index in [0.29, 0.717) is 11.9 Å². The van der Waals surface area contributed by atoms with E-state index >= 15 is 0 Å². The van der Waals surface area contributed by atoms with Gasteiger partial charge in [-0.25, -0.2) is 0 Å². The molecule has 94 valence electrons. The van der Waals surface area contributed by atoms with Gasteiger partial charge in [0.05, 0.1) is 6.54 Å². The van der Waals surface area contributed by atoms with Crippen LogP contribution in [0.3, 0.4) is 0 Å². The second kappa shape index (κ2) is 4.42. The average Bonchev–Trinajstić information content (AvgIpc) is 2.86. The molecule has 5 nitrogen and oxygen atoms in total. The predicted octanol–water partition coefficient (Wildman–Crippen LogP) is 1.92. The molecule has 0 spiro atoms. The first-order valence-electron chi connectivity index (χ1n) is 6.17. The zero-order chi connectivity index (χ0) is 12.5. The van der Waals surface area contributed by atoms with E-state index in [1.807, 2.05) is 0 Å². The lowest BCUT2D eigenvalue weighted by molar-refractivity contribution is 0.492. The van der Waals surface area contributed by atoms with Crippen LogP contribution in [0.1, 0.15) is 23.4 Å². The Kier molecular flexibility index (Phi) is 2.76. The number of nitrogens with zero attached hydrogens (tertiary/aromatic N) is 3. The molecule has 0 atom stereocenters. The van der Waals surface area contributed by atoms with Crippen LogP contribution in [0.25, 0.3) is 0 Å². The van der Waals surface area contributed by atoms with E-state index in [1.165, 1.54) is 16.8 Å². The second-order valence-corrected chi connectivity index (χ2v) is 4.57. The molecule has 1 aromatic carbocycles. The van der Waals surface area contributed by atoms with Crippen LogP contribution in [0.15, 0.2) is 22.6 Å². The lowest BCUT2D eigenvalue weighted by atomic mass is 10.00. The Morgan fingerprint density at radius 1 is 1.39 bits per heavy atom. The fraction of sp³-hybridized carbons (Fsp3) is 0.385. The highest BCUT2D eigenvalue weighted by molar-refractivity contribution is 5.63. The van der Waals surface area contributed by atoms with E-state index in [2.05, 4.69) is 40.2 Å². The van der Waals surface area contributed by atoms with Crippen molar-refractivity contribution < 1.29 is 4.42 Å². The Bertz CT molecular complexity index is 564. The van der Waals surface area contributed by atoms with Crippen molar-refractivity contribution in [2.45, 2.75) is 26.3 Å². The van der Waals surface area contributed by atoms with Gasteiger partial charge in [-0.05, 0) is 31.4 Å². The van der Waals surface area contributed by atoms with Crippen molar-refractivity contribution >= 4 is 11.7 Å². The molecule has 0 bridgehead atoms. The number of anilines is 2. The van der Waals surface area contributed by atoms with Crippen molar-refractivity contribution in [3.05, 3.63) is 35.2 Å². The van der Waals surface area contributed by atoms with Crippen molar-refractivity contribution in [1.29, 1.82) is 0 Å². The summed E-state index contributed by atoms with van der Waals surface area (Å²) in [6.45, 7) is 3.29. The maximum atomic E-state index is 5.54. The number of aryl methyl sites for hydroxylation is 2.